The van der Waals surface area contributed by atoms with Gasteiger partial charge < -0.3 is 9.80 Å². The minimum Gasteiger partial charge on any atom is -0.330 e. The van der Waals surface area contributed by atoms with Gasteiger partial charge in [0, 0.05) is 41.5 Å². The number of aromatic nitrogens is 3. The van der Waals surface area contributed by atoms with Gasteiger partial charge in [0.15, 0.2) is 5.65 Å². The molecule has 1 aliphatic heterocycles. The summed E-state index contributed by atoms with van der Waals surface area (Å²) in [4.78, 5) is 21.9. The Labute approximate surface area is 169 Å². The fourth-order valence-electron chi connectivity index (χ4n) is 3.97. The molecule has 3 heterocycles. The first kappa shape index (κ1) is 18.9. The second kappa shape index (κ2) is 7.53. The van der Waals surface area contributed by atoms with E-state index in [1.165, 1.54) is 0 Å². The number of likely N-dealkylation sites (tertiary alicyclic amines) is 1. The van der Waals surface area contributed by atoms with E-state index in [0.29, 0.717) is 10.6 Å². The van der Waals surface area contributed by atoms with E-state index in [1.54, 1.807) is 24.3 Å². The number of aryl methyl sites for hydroxylation is 1. The molecule has 0 bridgehead atoms. The molecule has 1 fully saturated rings. The third-order valence-electron chi connectivity index (χ3n) is 5.13. The number of rotatable bonds is 4. The van der Waals surface area contributed by atoms with Crippen LogP contribution in [0, 0.1) is 6.92 Å². The van der Waals surface area contributed by atoms with Gasteiger partial charge in [-0.1, -0.05) is 11.6 Å². The Balaban J connectivity index is 1.78. The normalized spacial score (nSPS) is 17.0. The Morgan fingerprint density at radius 3 is 2.75 bits per heavy atom. The summed E-state index contributed by atoms with van der Waals surface area (Å²) in [6.45, 7) is 3.45. The molecule has 0 radical (unpaired) electrons. The van der Waals surface area contributed by atoms with E-state index in [0.717, 1.165) is 48.5 Å². The van der Waals surface area contributed by atoms with Crippen LogP contribution < -0.4 is 0 Å². The molecule has 1 amide bonds. The molecule has 146 valence electrons. The quantitative estimate of drug-likeness (QED) is 0.673. The first-order valence-electron chi connectivity index (χ1n) is 9.49. The lowest BCUT2D eigenvalue weighted by atomic mass is 10.0. The maximum atomic E-state index is 13.2. The lowest BCUT2D eigenvalue weighted by Crippen LogP contribution is -2.32. The maximum absolute atomic E-state index is 13.2. The van der Waals surface area contributed by atoms with Crippen LogP contribution in [0.2, 0.25) is 5.02 Å². The summed E-state index contributed by atoms with van der Waals surface area (Å²) in [5.41, 5.74) is 4.56. The van der Waals surface area contributed by atoms with Gasteiger partial charge in [0.1, 0.15) is 0 Å². The third kappa shape index (κ3) is 3.50. The van der Waals surface area contributed by atoms with Crippen molar-refractivity contribution in [3.8, 4) is 0 Å². The van der Waals surface area contributed by atoms with Gasteiger partial charge in [0.2, 0.25) is 0 Å². The highest BCUT2D eigenvalue weighted by atomic mass is 35.5. The van der Waals surface area contributed by atoms with Gasteiger partial charge in [-0.25, -0.2) is 9.50 Å². The summed E-state index contributed by atoms with van der Waals surface area (Å²) in [5.74, 6) is 0.0313. The van der Waals surface area contributed by atoms with E-state index in [4.69, 9.17) is 11.6 Å². The van der Waals surface area contributed by atoms with Crippen molar-refractivity contribution in [1.29, 1.82) is 0 Å². The molecule has 1 atom stereocenters. The zero-order valence-electron chi connectivity index (χ0n) is 16.4. The first-order valence-corrected chi connectivity index (χ1v) is 9.87. The summed E-state index contributed by atoms with van der Waals surface area (Å²) in [5, 5.41) is 5.31. The highest BCUT2D eigenvalue weighted by molar-refractivity contribution is 6.30. The summed E-state index contributed by atoms with van der Waals surface area (Å²) in [7, 11) is 4.07. The number of nitrogens with zero attached hydrogens (tertiary/aromatic N) is 5. The van der Waals surface area contributed by atoms with Crippen LogP contribution >= 0.6 is 11.6 Å². The molecule has 1 aliphatic rings. The largest absolute Gasteiger partial charge is 0.330 e. The van der Waals surface area contributed by atoms with Crippen molar-refractivity contribution < 1.29 is 4.79 Å². The molecule has 0 saturated carbocycles. The average molecular weight is 398 g/mol. The van der Waals surface area contributed by atoms with Crippen LogP contribution in [0.4, 0.5) is 0 Å². The van der Waals surface area contributed by atoms with E-state index in [9.17, 15) is 4.79 Å². The number of benzene rings is 1. The van der Waals surface area contributed by atoms with Gasteiger partial charge in [-0.15, -0.1) is 0 Å². The van der Waals surface area contributed by atoms with E-state index in [-0.39, 0.29) is 11.9 Å². The second-order valence-electron chi connectivity index (χ2n) is 7.63. The van der Waals surface area contributed by atoms with Crippen molar-refractivity contribution >= 4 is 23.2 Å². The highest BCUT2D eigenvalue weighted by Gasteiger charge is 2.34. The van der Waals surface area contributed by atoms with Gasteiger partial charge >= 0.3 is 0 Å². The highest BCUT2D eigenvalue weighted by Crippen LogP contribution is 2.35. The minimum absolute atomic E-state index is 0.0251. The van der Waals surface area contributed by atoms with Gasteiger partial charge in [0.05, 0.1) is 17.4 Å². The SMILES string of the molecule is Cc1cc2ncc(CN(C)C)c([C@H]3CCCN3C(=O)c3ccc(Cl)cc3)n2n1. The Morgan fingerprint density at radius 2 is 2.04 bits per heavy atom. The number of carbonyl (C=O) groups excluding carboxylic acids is 1. The fourth-order valence-corrected chi connectivity index (χ4v) is 4.10. The minimum atomic E-state index is -0.0251. The second-order valence-corrected chi connectivity index (χ2v) is 8.06. The predicted molar refractivity (Wildman–Crippen MR) is 110 cm³/mol. The molecule has 2 aromatic heterocycles. The molecule has 0 unspecified atom stereocenters. The number of hydrogen-bond acceptors (Lipinski definition) is 4. The van der Waals surface area contributed by atoms with Crippen LogP contribution in [0.15, 0.2) is 36.5 Å². The lowest BCUT2D eigenvalue weighted by Gasteiger charge is -2.28. The Hall–Kier alpha value is -2.44. The number of fused-ring (bicyclic) bond motifs is 1. The zero-order chi connectivity index (χ0) is 19.8. The van der Waals surface area contributed by atoms with Crippen molar-refractivity contribution in [3.63, 3.8) is 0 Å². The summed E-state index contributed by atoms with van der Waals surface area (Å²) < 4.78 is 1.92. The summed E-state index contributed by atoms with van der Waals surface area (Å²) in [6.07, 6.45) is 3.81. The van der Waals surface area contributed by atoms with Crippen molar-refractivity contribution in [3.05, 3.63) is 64.1 Å². The topological polar surface area (TPSA) is 53.7 Å². The molecule has 6 nitrogen and oxygen atoms in total. The third-order valence-corrected chi connectivity index (χ3v) is 5.38. The first-order chi connectivity index (χ1) is 13.4. The standard InChI is InChI=1S/C21H24ClN5O/c1-14-11-19-23-12-16(13-25(2)3)20(27(19)24-14)18-5-4-10-26(18)21(28)15-6-8-17(22)9-7-15/h6-9,11-12,18H,4-5,10,13H2,1-3H3/t18-/m1/s1. The van der Waals surface area contributed by atoms with Crippen LogP contribution in [0.5, 0.6) is 0 Å². The fraction of sp³-hybridized carbons (Fsp3) is 0.381. The molecule has 0 N–H and O–H groups in total. The summed E-state index contributed by atoms with van der Waals surface area (Å²) >= 11 is 5.99. The smallest absolute Gasteiger partial charge is 0.254 e. The molecule has 28 heavy (non-hydrogen) atoms. The predicted octanol–water partition coefficient (Wildman–Crippen LogP) is 3.73. The van der Waals surface area contributed by atoms with Crippen molar-refractivity contribution in [2.45, 2.75) is 32.4 Å². The van der Waals surface area contributed by atoms with Gasteiger partial charge in [-0.05, 0) is 58.1 Å². The zero-order valence-corrected chi connectivity index (χ0v) is 17.1. The van der Waals surface area contributed by atoms with E-state index < -0.39 is 0 Å². The van der Waals surface area contributed by atoms with Crippen LogP contribution in [-0.4, -0.2) is 50.9 Å². The molecule has 1 saturated heterocycles. The molecular formula is C21H24ClN5O. The number of hydrogen-bond donors (Lipinski definition) is 0. The van der Waals surface area contributed by atoms with Gasteiger partial charge in [-0.2, -0.15) is 5.10 Å². The van der Waals surface area contributed by atoms with Crippen molar-refractivity contribution in [1.82, 2.24) is 24.4 Å². The van der Waals surface area contributed by atoms with Crippen LogP contribution in [0.1, 0.15) is 46.2 Å². The van der Waals surface area contributed by atoms with Crippen LogP contribution in [-0.2, 0) is 6.54 Å². The van der Waals surface area contributed by atoms with Crippen molar-refractivity contribution in [2.75, 3.05) is 20.6 Å². The number of halogens is 1. The average Bonchev–Trinajstić information content (AvgIpc) is 3.27. The lowest BCUT2D eigenvalue weighted by molar-refractivity contribution is 0.0730. The summed E-state index contributed by atoms with van der Waals surface area (Å²) in [6, 6.07) is 9.06. The molecule has 7 heteroatoms. The Morgan fingerprint density at radius 1 is 1.29 bits per heavy atom. The van der Waals surface area contributed by atoms with Gasteiger partial charge in [0.25, 0.3) is 5.91 Å². The molecule has 4 rings (SSSR count). The van der Waals surface area contributed by atoms with E-state index in [1.807, 2.05) is 42.7 Å². The molecule has 0 aliphatic carbocycles. The molecular weight excluding hydrogens is 374 g/mol. The molecule has 3 aromatic rings. The van der Waals surface area contributed by atoms with E-state index in [2.05, 4.69) is 15.0 Å². The number of amides is 1. The van der Waals surface area contributed by atoms with Crippen LogP contribution in [0.3, 0.4) is 0 Å². The Bertz CT molecular complexity index is 1010. The van der Waals surface area contributed by atoms with Crippen molar-refractivity contribution in [2.24, 2.45) is 0 Å². The maximum Gasteiger partial charge on any atom is 0.254 e. The van der Waals surface area contributed by atoms with E-state index >= 15 is 0 Å². The van der Waals surface area contributed by atoms with Crippen LogP contribution in [0.25, 0.3) is 5.65 Å². The monoisotopic (exact) mass is 397 g/mol. The molecule has 0 spiro atoms. The van der Waals surface area contributed by atoms with Gasteiger partial charge in [-0.3, -0.25) is 4.79 Å². The Kier molecular flexibility index (Phi) is 5.08. The number of carbonyl (C=O) groups is 1. The molecule has 1 aromatic carbocycles.